The first-order valence-corrected chi connectivity index (χ1v) is 5.27. The highest BCUT2D eigenvalue weighted by Gasteiger charge is 2.21. The quantitative estimate of drug-likeness (QED) is 0.702. The molecular weight excluding hydrogens is 198 g/mol. The summed E-state index contributed by atoms with van der Waals surface area (Å²) in [6.45, 7) is 0. The van der Waals surface area contributed by atoms with Gasteiger partial charge in [0.05, 0.1) is 17.1 Å². The van der Waals surface area contributed by atoms with E-state index in [2.05, 4.69) is 4.98 Å². The molecule has 1 aromatic rings. The lowest BCUT2D eigenvalue weighted by Gasteiger charge is -2.12. The average Bonchev–Trinajstić information content (AvgIpc) is 2.64. The van der Waals surface area contributed by atoms with Crippen molar-refractivity contribution in [1.82, 2.24) is 4.98 Å². The number of hydrogen-bond acceptors (Lipinski definition) is 3. The van der Waals surface area contributed by atoms with Crippen molar-refractivity contribution in [2.75, 3.05) is 11.5 Å². The monoisotopic (exact) mass is 211 g/mol. The maximum Gasteiger partial charge on any atom is 0.152 e. The predicted octanol–water partition coefficient (Wildman–Crippen LogP) is 2.56. The Morgan fingerprint density at radius 3 is 2.50 bits per heavy atom. The Hall–Kier alpha value is -0.960. The SMILES string of the molecule is Nc1cc(N)c(C2CCCC2)nc1Cl. The van der Waals surface area contributed by atoms with Crippen molar-refractivity contribution >= 4 is 23.0 Å². The molecule has 1 saturated carbocycles. The van der Waals surface area contributed by atoms with Gasteiger partial charge in [0.15, 0.2) is 5.15 Å². The summed E-state index contributed by atoms with van der Waals surface area (Å²) in [7, 11) is 0. The van der Waals surface area contributed by atoms with E-state index in [4.69, 9.17) is 23.1 Å². The summed E-state index contributed by atoms with van der Waals surface area (Å²) < 4.78 is 0. The van der Waals surface area contributed by atoms with Crippen molar-refractivity contribution in [3.05, 3.63) is 16.9 Å². The fraction of sp³-hybridized carbons (Fsp3) is 0.500. The molecule has 1 fully saturated rings. The predicted molar refractivity (Wildman–Crippen MR) is 59.3 cm³/mol. The minimum atomic E-state index is 0.376. The van der Waals surface area contributed by atoms with Crippen LogP contribution in [0.3, 0.4) is 0 Å². The second-order valence-electron chi connectivity index (χ2n) is 3.82. The molecular formula is C10H14ClN3. The van der Waals surface area contributed by atoms with E-state index in [0.717, 1.165) is 18.5 Å². The van der Waals surface area contributed by atoms with Gasteiger partial charge in [-0.25, -0.2) is 4.98 Å². The zero-order chi connectivity index (χ0) is 10.1. The van der Waals surface area contributed by atoms with Crippen LogP contribution in [0.4, 0.5) is 11.4 Å². The first-order valence-electron chi connectivity index (χ1n) is 4.90. The van der Waals surface area contributed by atoms with Crippen molar-refractivity contribution < 1.29 is 0 Å². The molecule has 0 aliphatic heterocycles. The number of halogens is 1. The lowest BCUT2D eigenvalue weighted by molar-refractivity contribution is 0.701. The van der Waals surface area contributed by atoms with E-state index in [1.807, 2.05) is 0 Å². The third-order valence-electron chi connectivity index (χ3n) is 2.81. The Morgan fingerprint density at radius 1 is 1.21 bits per heavy atom. The summed E-state index contributed by atoms with van der Waals surface area (Å²) in [5.41, 5.74) is 13.6. The molecule has 0 atom stereocenters. The molecule has 0 spiro atoms. The van der Waals surface area contributed by atoms with Gasteiger partial charge in [0.2, 0.25) is 0 Å². The third kappa shape index (κ3) is 1.64. The summed E-state index contributed by atoms with van der Waals surface area (Å²) in [6.07, 6.45) is 4.84. The molecule has 0 radical (unpaired) electrons. The van der Waals surface area contributed by atoms with Crippen LogP contribution in [0.2, 0.25) is 5.15 Å². The summed E-state index contributed by atoms with van der Waals surface area (Å²) >= 11 is 5.87. The summed E-state index contributed by atoms with van der Waals surface area (Å²) in [6, 6.07) is 1.71. The van der Waals surface area contributed by atoms with Gasteiger partial charge in [0.1, 0.15) is 0 Å². The smallest absolute Gasteiger partial charge is 0.152 e. The molecule has 76 valence electrons. The summed E-state index contributed by atoms with van der Waals surface area (Å²) in [5, 5.41) is 0.376. The van der Waals surface area contributed by atoms with Crippen LogP contribution in [0.15, 0.2) is 6.07 Å². The van der Waals surface area contributed by atoms with Crippen LogP contribution in [0.5, 0.6) is 0 Å². The maximum absolute atomic E-state index is 5.87. The van der Waals surface area contributed by atoms with Gasteiger partial charge in [-0.2, -0.15) is 0 Å². The molecule has 14 heavy (non-hydrogen) atoms. The molecule has 0 aromatic carbocycles. The zero-order valence-corrected chi connectivity index (χ0v) is 8.72. The highest BCUT2D eigenvalue weighted by Crippen LogP contribution is 2.37. The molecule has 3 nitrogen and oxygen atoms in total. The largest absolute Gasteiger partial charge is 0.397 e. The molecule has 0 saturated heterocycles. The van der Waals surface area contributed by atoms with Crippen LogP contribution in [-0.2, 0) is 0 Å². The topological polar surface area (TPSA) is 64.9 Å². The van der Waals surface area contributed by atoms with Crippen LogP contribution in [-0.4, -0.2) is 4.98 Å². The minimum Gasteiger partial charge on any atom is -0.397 e. The fourth-order valence-electron chi connectivity index (χ4n) is 2.06. The molecule has 0 bridgehead atoms. The molecule has 2 rings (SSSR count). The minimum absolute atomic E-state index is 0.376. The fourth-order valence-corrected chi connectivity index (χ4v) is 2.21. The van der Waals surface area contributed by atoms with E-state index in [-0.39, 0.29) is 0 Å². The second kappa shape index (κ2) is 3.65. The molecule has 4 N–H and O–H groups in total. The molecule has 0 unspecified atom stereocenters. The number of pyridine rings is 1. The molecule has 4 heteroatoms. The molecule has 1 heterocycles. The van der Waals surface area contributed by atoms with E-state index in [0.29, 0.717) is 22.4 Å². The van der Waals surface area contributed by atoms with Crippen LogP contribution in [0.1, 0.15) is 37.3 Å². The Kier molecular flexibility index (Phi) is 2.50. The van der Waals surface area contributed by atoms with Crippen LogP contribution >= 0.6 is 11.6 Å². The van der Waals surface area contributed by atoms with Crippen molar-refractivity contribution in [2.24, 2.45) is 0 Å². The number of nitrogens with zero attached hydrogens (tertiary/aromatic N) is 1. The van der Waals surface area contributed by atoms with E-state index in [1.165, 1.54) is 12.8 Å². The zero-order valence-electron chi connectivity index (χ0n) is 7.96. The van der Waals surface area contributed by atoms with Crippen molar-refractivity contribution in [3.8, 4) is 0 Å². The van der Waals surface area contributed by atoms with E-state index in [9.17, 15) is 0 Å². The van der Waals surface area contributed by atoms with E-state index >= 15 is 0 Å². The van der Waals surface area contributed by atoms with Crippen molar-refractivity contribution in [3.63, 3.8) is 0 Å². The van der Waals surface area contributed by atoms with Gasteiger partial charge in [0, 0.05) is 5.92 Å². The number of nitrogen functional groups attached to an aromatic ring is 2. The van der Waals surface area contributed by atoms with E-state index in [1.54, 1.807) is 6.07 Å². The number of nitrogens with two attached hydrogens (primary N) is 2. The lowest BCUT2D eigenvalue weighted by atomic mass is 10.0. The molecule has 1 aliphatic carbocycles. The van der Waals surface area contributed by atoms with Gasteiger partial charge in [-0.3, -0.25) is 0 Å². The Balaban J connectivity index is 2.37. The molecule has 1 aromatic heterocycles. The van der Waals surface area contributed by atoms with Gasteiger partial charge in [-0.15, -0.1) is 0 Å². The first kappa shape index (κ1) is 9.59. The van der Waals surface area contributed by atoms with E-state index < -0.39 is 0 Å². The van der Waals surface area contributed by atoms with Gasteiger partial charge in [0.25, 0.3) is 0 Å². The van der Waals surface area contributed by atoms with Gasteiger partial charge >= 0.3 is 0 Å². The average molecular weight is 212 g/mol. The normalized spacial score (nSPS) is 17.5. The standard InChI is InChI=1S/C10H14ClN3/c11-10-8(13)5-7(12)9(14-10)6-3-1-2-4-6/h5-6H,1-4,12-13H2. The number of rotatable bonds is 1. The van der Waals surface area contributed by atoms with Gasteiger partial charge in [-0.1, -0.05) is 24.4 Å². The van der Waals surface area contributed by atoms with Crippen LogP contribution in [0, 0.1) is 0 Å². The highest BCUT2D eigenvalue weighted by molar-refractivity contribution is 6.31. The Bertz CT molecular complexity index is 345. The lowest BCUT2D eigenvalue weighted by Crippen LogP contribution is -2.04. The van der Waals surface area contributed by atoms with Crippen molar-refractivity contribution in [1.29, 1.82) is 0 Å². The second-order valence-corrected chi connectivity index (χ2v) is 4.18. The van der Waals surface area contributed by atoms with Gasteiger partial charge < -0.3 is 11.5 Å². The molecule has 1 aliphatic rings. The summed E-state index contributed by atoms with van der Waals surface area (Å²) in [5.74, 6) is 0.480. The van der Waals surface area contributed by atoms with Crippen molar-refractivity contribution in [2.45, 2.75) is 31.6 Å². The number of anilines is 2. The summed E-state index contributed by atoms with van der Waals surface area (Å²) in [4.78, 5) is 4.27. The third-order valence-corrected chi connectivity index (χ3v) is 3.11. The van der Waals surface area contributed by atoms with Gasteiger partial charge in [-0.05, 0) is 18.9 Å². The Morgan fingerprint density at radius 2 is 1.86 bits per heavy atom. The van der Waals surface area contributed by atoms with Crippen LogP contribution < -0.4 is 11.5 Å². The maximum atomic E-state index is 5.87. The Labute approximate surface area is 88.5 Å². The highest BCUT2D eigenvalue weighted by atomic mass is 35.5. The van der Waals surface area contributed by atoms with Crippen LogP contribution in [0.25, 0.3) is 0 Å². The molecule has 0 amide bonds. The number of aromatic nitrogens is 1. The number of hydrogen-bond donors (Lipinski definition) is 2. The first-order chi connectivity index (χ1) is 6.68.